The smallest absolute Gasteiger partial charge is 0.224 e. The molecule has 5 heteroatoms. The number of rotatable bonds is 5. The highest BCUT2D eigenvalue weighted by molar-refractivity contribution is 7.12. The Morgan fingerprint density at radius 1 is 1.40 bits per heavy atom. The van der Waals surface area contributed by atoms with E-state index in [1.165, 1.54) is 15.3 Å². The number of nitrogens with zero attached hydrogens (tertiary/aromatic N) is 1. The lowest BCUT2D eigenvalue weighted by Gasteiger charge is -2.05. The summed E-state index contributed by atoms with van der Waals surface area (Å²) in [6, 6.07) is 5.64. The SMILES string of the molecule is Cc1cc(CCCC(=O)Nc2ccc(N)nc2)c(C)s1. The molecular weight excluding hydrogens is 270 g/mol. The summed E-state index contributed by atoms with van der Waals surface area (Å²) < 4.78 is 0. The summed E-state index contributed by atoms with van der Waals surface area (Å²) >= 11 is 1.81. The number of carbonyl (C=O) groups is 1. The van der Waals surface area contributed by atoms with Gasteiger partial charge in [0, 0.05) is 16.2 Å². The first-order valence-corrected chi connectivity index (χ1v) is 7.43. The molecule has 0 aromatic carbocycles. The second kappa shape index (κ2) is 6.52. The van der Waals surface area contributed by atoms with E-state index in [4.69, 9.17) is 5.73 Å². The van der Waals surface area contributed by atoms with E-state index >= 15 is 0 Å². The number of carbonyl (C=O) groups excluding carboxylic acids is 1. The Morgan fingerprint density at radius 3 is 2.80 bits per heavy atom. The second-order valence-corrected chi connectivity index (χ2v) is 6.27. The third-order valence-electron chi connectivity index (χ3n) is 3.06. The highest BCUT2D eigenvalue weighted by Crippen LogP contribution is 2.22. The number of aryl methyl sites for hydroxylation is 3. The lowest BCUT2D eigenvalue weighted by molar-refractivity contribution is -0.116. The zero-order valence-corrected chi connectivity index (χ0v) is 12.6. The van der Waals surface area contributed by atoms with Crippen molar-refractivity contribution >= 4 is 28.7 Å². The minimum absolute atomic E-state index is 0.0150. The van der Waals surface area contributed by atoms with Gasteiger partial charge in [-0.1, -0.05) is 0 Å². The Balaban J connectivity index is 1.78. The van der Waals surface area contributed by atoms with Crippen molar-refractivity contribution in [1.82, 2.24) is 4.98 Å². The first kappa shape index (κ1) is 14.5. The summed E-state index contributed by atoms with van der Waals surface area (Å²) in [7, 11) is 0. The van der Waals surface area contributed by atoms with Gasteiger partial charge in [-0.2, -0.15) is 0 Å². The van der Waals surface area contributed by atoms with Crippen molar-refractivity contribution in [2.24, 2.45) is 0 Å². The number of anilines is 2. The highest BCUT2D eigenvalue weighted by atomic mass is 32.1. The van der Waals surface area contributed by atoms with Crippen LogP contribution in [-0.2, 0) is 11.2 Å². The number of nitrogens with two attached hydrogens (primary N) is 1. The molecule has 2 rings (SSSR count). The fourth-order valence-corrected chi connectivity index (χ4v) is 3.05. The summed E-state index contributed by atoms with van der Waals surface area (Å²) in [6.07, 6.45) is 3.88. The molecule has 20 heavy (non-hydrogen) atoms. The van der Waals surface area contributed by atoms with E-state index in [9.17, 15) is 4.79 Å². The summed E-state index contributed by atoms with van der Waals surface area (Å²) in [6.45, 7) is 4.25. The average molecular weight is 289 g/mol. The van der Waals surface area contributed by atoms with Crippen LogP contribution in [0.3, 0.4) is 0 Å². The van der Waals surface area contributed by atoms with E-state index in [2.05, 4.69) is 30.2 Å². The first-order valence-electron chi connectivity index (χ1n) is 6.62. The van der Waals surface area contributed by atoms with Crippen molar-refractivity contribution < 1.29 is 4.79 Å². The van der Waals surface area contributed by atoms with Gasteiger partial charge in [-0.3, -0.25) is 4.79 Å². The van der Waals surface area contributed by atoms with Gasteiger partial charge in [-0.25, -0.2) is 4.98 Å². The zero-order valence-electron chi connectivity index (χ0n) is 11.8. The van der Waals surface area contributed by atoms with E-state index in [1.807, 2.05) is 11.3 Å². The normalized spacial score (nSPS) is 10.5. The average Bonchev–Trinajstić information content (AvgIpc) is 2.71. The maximum atomic E-state index is 11.8. The maximum Gasteiger partial charge on any atom is 0.224 e. The Morgan fingerprint density at radius 2 is 2.20 bits per heavy atom. The number of amides is 1. The van der Waals surface area contributed by atoms with Crippen LogP contribution >= 0.6 is 11.3 Å². The van der Waals surface area contributed by atoms with Gasteiger partial charge in [0.05, 0.1) is 11.9 Å². The molecule has 0 radical (unpaired) electrons. The summed E-state index contributed by atoms with van der Waals surface area (Å²) in [5, 5.41) is 2.82. The molecule has 0 aliphatic rings. The molecule has 0 spiro atoms. The molecule has 0 atom stereocenters. The van der Waals surface area contributed by atoms with Gasteiger partial charge in [0.1, 0.15) is 5.82 Å². The number of aromatic nitrogens is 1. The van der Waals surface area contributed by atoms with Gasteiger partial charge >= 0.3 is 0 Å². The molecule has 0 unspecified atom stereocenters. The number of nitrogens with one attached hydrogen (secondary N) is 1. The quantitative estimate of drug-likeness (QED) is 0.887. The lowest BCUT2D eigenvalue weighted by Crippen LogP contribution is -2.11. The van der Waals surface area contributed by atoms with Crippen LogP contribution < -0.4 is 11.1 Å². The molecule has 0 saturated carbocycles. The van der Waals surface area contributed by atoms with Crippen molar-refractivity contribution in [2.45, 2.75) is 33.1 Å². The highest BCUT2D eigenvalue weighted by Gasteiger charge is 2.06. The molecule has 4 nitrogen and oxygen atoms in total. The summed E-state index contributed by atoms with van der Waals surface area (Å²) in [4.78, 5) is 18.4. The van der Waals surface area contributed by atoms with Gasteiger partial charge in [0.15, 0.2) is 0 Å². The Kier molecular flexibility index (Phi) is 4.74. The molecule has 0 aliphatic heterocycles. The molecule has 2 aromatic rings. The van der Waals surface area contributed by atoms with Gasteiger partial charge in [-0.05, 0) is 50.5 Å². The van der Waals surface area contributed by atoms with E-state index in [0.717, 1.165) is 12.8 Å². The summed E-state index contributed by atoms with van der Waals surface area (Å²) in [5.74, 6) is 0.465. The lowest BCUT2D eigenvalue weighted by atomic mass is 10.1. The van der Waals surface area contributed by atoms with Crippen LogP contribution in [-0.4, -0.2) is 10.9 Å². The predicted molar refractivity (Wildman–Crippen MR) is 84.0 cm³/mol. The Hall–Kier alpha value is -1.88. The molecule has 3 N–H and O–H groups in total. The second-order valence-electron chi connectivity index (χ2n) is 4.81. The van der Waals surface area contributed by atoms with Crippen LogP contribution in [0.5, 0.6) is 0 Å². The van der Waals surface area contributed by atoms with Gasteiger partial charge < -0.3 is 11.1 Å². The van der Waals surface area contributed by atoms with Crippen LogP contribution in [0.25, 0.3) is 0 Å². The molecule has 106 valence electrons. The molecule has 2 heterocycles. The molecule has 1 amide bonds. The van der Waals surface area contributed by atoms with Crippen LogP contribution in [0.2, 0.25) is 0 Å². The first-order chi connectivity index (χ1) is 9.54. The van der Waals surface area contributed by atoms with E-state index in [1.54, 1.807) is 18.3 Å². The van der Waals surface area contributed by atoms with Crippen molar-refractivity contribution in [1.29, 1.82) is 0 Å². The minimum Gasteiger partial charge on any atom is -0.384 e. The van der Waals surface area contributed by atoms with E-state index < -0.39 is 0 Å². The van der Waals surface area contributed by atoms with Gasteiger partial charge in [0.2, 0.25) is 5.91 Å². The maximum absolute atomic E-state index is 11.8. The van der Waals surface area contributed by atoms with Crippen molar-refractivity contribution in [3.05, 3.63) is 39.7 Å². The number of nitrogen functional groups attached to an aromatic ring is 1. The van der Waals surface area contributed by atoms with Gasteiger partial charge in [-0.15, -0.1) is 11.3 Å². The Bertz CT molecular complexity index is 590. The van der Waals surface area contributed by atoms with E-state index in [-0.39, 0.29) is 5.91 Å². The number of hydrogen-bond donors (Lipinski definition) is 2. The summed E-state index contributed by atoms with van der Waals surface area (Å²) in [5.41, 5.74) is 7.54. The standard InChI is InChI=1S/C15H19N3OS/c1-10-8-12(11(2)20-10)4-3-5-15(19)18-13-6-7-14(16)17-9-13/h6-9H,3-5H2,1-2H3,(H2,16,17)(H,18,19). The largest absolute Gasteiger partial charge is 0.384 e. The molecular formula is C15H19N3OS. The monoisotopic (exact) mass is 289 g/mol. The Labute approximate surface area is 123 Å². The van der Waals surface area contributed by atoms with E-state index in [0.29, 0.717) is 17.9 Å². The topological polar surface area (TPSA) is 68.0 Å². The minimum atomic E-state index is 0.0150. The van der Waals surface area contributed by atoms with Crippen LogP contribution in [0.15, 0.2) is 24.4 Å². The predicted octanol–water partition coefficient (Wildman–Crippen LogP) is 3.30. The van der Waals surface area contributed by atoms with Crippen molar-refractivity contribution in [3.8, 4) is 0 Å². The van der Waals surface area contributed by atoms with Gasteiger partial charge in [0.25, 0.3) is 0 Å². The third-order valence-corrected chi connectivity index (χ3v) is 4.07. The van der Waals surface area contributed by atoms with Crippen LogP contribution in [0, 0.1) is 13.8 Å². The fourth-order valence-electron chi connectivity index (χ4n) is 2.07. The molecule has 0 saturated heterocycles. The fraction of sp³-hybridized carbons (Fsp3) is 0.333. The number of pyridine rings is 1. The molecule has 2 aromatic heterocycles. The van der Waals surface area contributed by atoms with Crippen LogP contribution in [0.1, 0.15) is 28.2 Å². The zero-order chi connectivity index (χ0) is 14.5. The van der Waals surface area contributed by atoms with Crippen molar-refractivity contribution in [3.63, 3.8) is 0 Å². The molecule has 0 aliphatic carbocycles. The van der Waals surface area contributed by atoms with Crippen molar-refractivity contribution in [2.75, 3.05) is 11.1 Å². The van der Waals surface area contributed by atoms with Crippen LogP contribution in [0.4, 0.5) is 11.5 Å². The number of hydrogen-bond acceptors (Lipinski definition) is 4. The third kappa shape index (κ3) is 4.06. The molecule has 0 bridgehead atoms. The number of thiophene rings is 1. The molecule has 0 fully saturated rings.